The van der Waals surface area contributed by atoms with Gasteiger partial charge >= 0.3 is 0 Å². The molecule has 0 aliphatic heterocycles. The Hall–Kier alpha value is -1.46. The lowest BCUT2D eigenvalue weighted by Crippen LogP contribution is -2.20. The maximum atomic E-state index is 5.85. The number of methoxy groups -OCH3 is 3. The van der Waals surface area contributed by atoms with Crippen molar-refractivity contribution in [1.29, 1.82) is 0 Å². The first kappa shape index (κ1) is 16.6. The van der Waals surface area contributed by atoms with Gasteiger partial charge in [0.25, 0.3) is 0 Å². The molecule has 0 saturated heterocycles. The van der Waals surface area contributed by atoms with Crippen molar-refractivity contribution in [3.63, 3.8) is 0 Å². The Labute approximate surface area is 121 Å². The zero-order valence-corrected chi connectivity index (χ0v) is 12.9. The van der Waals surface area contributed by atoms with Gasteiger partial charge in [-0.15, -0.1) is 0 Å². The molecule has 0 heterocycles. The lowest BCUT2D eigenvalue weighted by molar-refractivity contribution is 0.0877. The minimum atomic E-state index is -0.0953. The molecule has 0 saturated carbocycles. The lowest BCUT2D eigenvalue weighted by Gasteiger charge is -2.20. The van der Waals surface area contributed by atoms with Gasteiger partial charge in [-0.1, -0.05) is 0 Å². The maximum absolute atomic E-state index is 5.85. The molecule has 0 fully saturated rings. The van der Waals surface area contributed by atoms with Crippen LogP contribution in [0.2, 0.25) is 0 Å². The monoisotopic (exact) mass is 283 g/mol. The van der Waals surface area contributed by atoms with E-state index < -0.39 is 0 Å². The topological polar surface area (TPSA) is 62.9 Å². The molecule has 0 bridgehead atoms. The molecular weight excluding hydrogens is 258 g/mol. The van der Waals surface area contributed by atoms with Crippen molar-refractivity contribution in [3.05, 3.63) is 17.7 Å². The standard InChI is InChI=1S/C15H25NO4/c1-10(16)6-12-7-13(18-4)15(14(8-12)19-5)20-11(2)9-17-3/h7-8,10-11H,6,9,16H2,1-5H3. The largest absolute Gasteiger partial charge is 0.493 e. The average Bonchev–Trinajstić information content (AvgIpc) is 2.39. The molecule has 2 unspecified atom stereocenters. The van der Waals surface area contributed by atoms with Crippen molar-refractivity contribution >= 4 is 0 Å². The van der Waals surface area contributed by atoms with E-state index in [4.69, 9.17) is 24.7 Å². The van der Waals surface area contributed by atoms with Crippen LogP contribution in [0.5, 0.6) is 17.2 Å². The van der Waals surface area contributed by atoms with Crippen LogP contribution in [0.1, 0.15) is 19.4 Å². The maximum Gasteiger partial charge on any atom is 0.203 e. The van der Waals surface area contributed by atoms with E-state index in [1.54, 1.807) is 21.3 Å². The summed E-state index contributed by atoms with van der Waals surface area (Å²) in [6, 6.07) is 3.94. The SMILES string of the molecule is COCC(C)Oc1c(OC)cc(CC(C)N)cc1OC. The number of ether oxygens (including phenoxy) is 4. The molecule has 0 spiro atoms. The highest BCUT2D eigenvalue weighted by molar-refractivity contribution is 5.54. The van der Waals surface area contributed by atoms with E-state index in [1.165, 1.54) is 0 Å². The molecule has 0 aromatic heterocycles. The molecule has 2 N–H and O–H groups in total. The lowest BCUT2D eigenvalue weighted by atomic mass is 10.1. The molecule has 114 valence electrons. The summed E-state index contributed by atoms with van der Waals surface area (Å²) in [5, 5.41) is 0. The van der Waals surface area contributed by atoms with Crippen LogP contribution in [0.4, 0.5) is 0 Å². The Morgan fingerprint density at radius 2 is 1.60 bits per heavy atom. The van der Waals surface area contributed by atoms with Crippen LogP contribution < -0.4 is 19.9 Å². The van der Waals surface area contributed by atoms with Crippen molar-refractivity contribution in [2.45, 2.75) is 32.4 Å². The molecule has 2 atom stereocenters. The molecule has 1 aromatic rings. The van der Waals surface area contributed by atoms with Gasteiger partial charge < -0.3 is 24.7 Å². The van der Waals surface area contributed by atoms with Crippen LogP contribution >= 0.6 is 0 Å². The van der Waals surface area contributed by atoms with Crippen molar-refractivity contribution in [2.24, 2.45) is 5.73 Å². The molecular formula is C15H25NO4. The number of nitrogens with two attached hydrogens (primary N) is 1. The molecule has 0 amide bonds. The molecule has 1 aromatic carbocycles. The summed E-state index contributed by atoms with van der Waals surface area (Å²) in [6.45, 7) is 4.39. The van der Waals surface area contributed by atoms with E-state index in [0.29, 0.717) is 23.9 Å². The first-order valence-corrected chi connectivity index (χ1v) is 6.67. The van der Waals surface area contributed by atoms with Crippen molar-refractivity contribution in [2.75, 3.05) is 27.9 Å². The Morgan fingerprint density at radius 3 is 2.00 bits per heavy atom. The molecule has 5 nitrogen and oxygen atoms in total. The van der Waals surface area contributed by atoms with Crippen molar-refractivity contribution in [1.82, 2.24) is 0 Å². The molecule has 20 heavy (non-hydrogen) atoms. The summed E-state index contributed by atoms with van der Waals surface area (Å²) in [4.78, 5) is 0. The predicted octanol–water partition coefficient (Wildman–Crippen LogP) is 2.01. The van der Waals surface area contributed by atoms with Gasteiger partial charge in [-0.05, 0) is 38.0 Å². The smallest absolute Gasteiger partial charge is 0.203 e. The van der Waals surface area contributed by atoms with Crippen LogP contribution in [0, 0.1) is 0 Å². The quantitative estimate of drug-likeness (QED) is 0.790. The third-order valence-electron chi connectivity index (χ3n) is 2.80. The van der Waals surface area contributed by atoms with E-state index in [2.05, 4.69) is 0 Å². The summed E-state index contributed by atoms with van der Waals surface area (Å²) in [5.41, 5.74) is 6.89. The zero-order valence-electron chi connectivity index (χ0n) is 12.9. The van der Waals surface area contributed by atoms with Gasteiger partial charge in [-0.3, -0.25) is 0 Å². The summed E-state index contributed by atoms with van der Waals surface area (Å²) < 4.78 is 21.7. The van der Waals surface area contributed by atoms with Gasteiger partial charge in [-0.25, -0.2) is 0 Å². The second-order valence-electron chi connectivity index (χ2n) is 4.89. The molecule has 0 radical (unpaired) electrons. The highest BCUT2D eigenvalue weighted by atomic mass is 16.6. The van der Waals surface area contributed by atoms with Crippen molar-refractivity contribution in [3.8, 4) is 17.2 Å². The van der Waals surface area contributed by atoms with E-state index in [-0.39, 0.29) is 12.1 Å². The van der Waals surface area contributed by atoms with Gasteiger partial charge in [0, 0.05) is 13.2 Å². The third kappa shape index (κ3) is 4.58. The minimum absolute atomic E-state index is 0.0728. The van der Waals surface area contributed by atoms with Crippen LogP contribution in [0.25, 0.3) is 0 Å². The minimum Gasteiger partial charge on any atom is -0.493 e. The number of hydrogen-bond acceptors (Lipinski definition) is 5. The zero-order chi connectivity index (χ0) is 15.1. The molecule has 0 aliphatic carbocycles. The summed E-state index contributed by atoms with van der Waals surface area (Å²) >= 11 is 0. The van der Waals surface area contributed by atoms with Gasteiger partial charge in [0.15, 0.2) is 11.5 Å². The van der Waals surface area contributed by atoms with Crippen LogP contribution in [0.3, 0.4) is 0 Å². The summed E-state index contributed by atoms with van der Waals surface area (Å²) in [7, 11) is 4.86. The fraction of sp³-hybridized carbons (Fsp3) is 0.600. The second kappa shape index (κ2) is 7.97. The predicted molar refractivity (Wildman–Crippen MR) is 78.9 cm³/mol. The molecule has 5 heteroatoms. The van der Waals surface area contributed by atoms with Gasteiger partial charge in [0.05, 0.1) is 20.8 Å². The van der Waals surface area contributed by atoms with Gasteiger partial charge in [0.2, 0.25) is 5.75 Å². The van der Waals surface area contributed by atoms with E-state index in [1.807, 2.05) is 26.0 Å². The van der Waals surface area contributed by atoms with Crippen molar-refractivity contribution < 1.29 is 18.9 Å². The molecule has 1 rings (SSSR count). The Kier molecular flexibility index (Phi) is 6.61. The van der Waals surface area contributed by atoms with Gasteiger partial charge in [0.1, 0.15) is 6.10 Å². The normalized spacial score (nSPS) is 13.7. The van der Waals surface area contributed by atoms with E-state index in [0.717, 1.165) is 12.0 Å². The van der Waals surface area contributed by atoms with Crippen LogP contribution in [-0.2, 0) is 11.2 Å². The number of hydrogen-bond donors (Lipinski definition) is 1. The van der Waals surface area contributed by atoms with E-state index >= 15 is 0 Å². The fourth-order valence-corrected chi connectivity index (χ4v) is 2.01. The number of rotatable bonds is 8. The van der Waals surface area contributed by atoms with Crippen LogP contribution in [-0.4, -0.2) is 40.1 Å². The highest BCUT2D eigenvalue weighted by Crippen LogP contribution is 2.39. The first-order chi connectivity index (χ1) is 9.51. The number of benzene rings is 1. The summed E-state index contributed by atoms with van der Waals surface area (Å²) in [5.74, 6) is 1.87. The molecule has 0 aliphatic rings. The second-order valence-corrected chi connectivity index (χ2v) is 4.89. The fourth-order valence-electron chi connectivity index (χ4n) is 2.01. The first-order valence-electron chi connectivity index (χ1n) is 6.67. The van der Waals surface area contributed by atoms with Gasteiger partial charge in [-0.2, -0.15) is 0 Å². The average molecular weight is 283 g/mol. The Balaban J connectivity index is 3.07. The Bertz CT molecular complexity index is 395. The van der Waals surface area contributed by atoms with Crippen LogP contribution in [0.15, 0.2) is 12.1 Å². The third-order valence-corrected chi connectivity index (χ3v) is 2.80. The highest BCUT2D eigenvalue weighted by Gasteiger charge is 2.17. The van der Waals surface area contributed by atoms with E-state index in [9.17, 15) is 0 Å². The summed E-state index contributed by atoms with van der Waals surface area (Å²) in [6.07, 6.45) is 0.655. The Morgan fingerprint density at radius 1 is 1.05 bits per heavy atom.